The normalized spacial score (nSPS) is 35.1. The molecule has 0 aliphatic heterocycles. The Kier molecular flexibility index (Phi) is 2.98. The van der Waals surface area contributed by atoms with Gasteiger partial charge >= 0.3 is 0 Å². The number of hydrogen-bond donors (Lipinski definition) is 1. The molecule has 4 rings (SSSR count). The first-order valence-corrected chi connectivity index (χ1v) is 7.86. The first kappa shape index (κ1) is 12.9. The van der Waals surface area contributed by atoms with Gasteiger partial charge in [0.25, 0.3) is 0 Å². The van der Waals surface area contributed by atoms with E-state index in [1.807, 2.05) is 0 Å². The second kappa shape index (κ2) is 4.86. The molecule has 1 N–H and O–H groups in total. The predicted molar refractivity (Wildman–Crippen MR) is 78.9 cm³/mol. The molecule has 0 radical (unpaired) electrons. The van der Waals surface area contributed by atoms with Crippen molar-refractivity contribution in [1.82, 2.24) is 0 Å². The molecule has 3 fully saturated rings. The molecule has 0 unspecified atom stereocenters. The fourth-order valence-corrected chi connectivity index (χ4v) is 4.76. The molecule has 21 heavy (non-hydrogen) atoms. The molecular formula is C17H19N2O2-. The minimum atomic E-state index is -1.15. The maximum Gasteiger partial charge on any atom is 0.0715 e. The summed E-state index contributed by atoms with van der Waals surface area (Å²) in [5, 5.41) is 15.3. The molecule has 4 atom stereocenters. The number of nitrogens with zero attached hydrogens (tertiary/aromatic N) is 1. The zero-order valence-electron chi connectivity index (χ0n) is 11.9. The predicted octanol–water partition coefficient (Wildman–Crippen LogP) is 2.27. The lowest BCUT2D eigenvalue weighted by Gasteiger charge is -2.25. The molecule has 1 aromatic carbocycles. The maximum absolute atomic E-state index is 10.7. The molecule has 0 spiro atoms. The smallest absolute Gasteiger partial charge is 0.0715 e. The summed E-state index contributed by atoms with van der Waals surface area (Å²) in [4.78, 5) is 10.7. The van der Waals surface area contributed by atoms with Crippen LogP contribution >= 0.6 is 0 Å². The maximum atomic E-state index is 10.7. The number of fused-ring (bicyclic) bond motifs is 5. The van der Waals surface area contributed by atoms with E-state index in [2.05, 4.69) is 10.5 Å². The van der Waals surface area contributed by atoms with Crippen molar-refractivity contribution < 1.29 is 9.90 Å². The summed E-state index contributed by atoms with van der Waals surface area (Å²) in [6.07, 6.45) is 6.69. The van der Waals surface area contributed by atoms with Crippen molar-refractivity contribution in [3.8, 4) is 0 Å². The number of carbonyl (C=O) groups is 1. The number of carbonyl (C=O) groups excluding carboxylic acids is 1. The second-order valence-electron chi connectivity index (χ2n) is 6.64. The van der Waals surface area contributed by atoms with Crippen LogP contribution in [0.2, 0.25) is 0 Å². The molecule has 1 aromatic rings. The Morgan fingerprint density at radius 2 is 1.95 bits per heavy atom. The molecule has 3 aliphatic carbocycles. The van der Waals surface area contributed by atoms with E-state index < -0.39 is 5.97 Å². The van der Waals surface area contributed by atoms with Crippen LogP contribution in [0.1, 0.15) is 42.5 Å². The Balaban J connectivity index is 1.46. The average molecular weight is 283 g/mol. The van der Waals surface area contributed by atoms with Gasteiger partial charge in [0.15, 0.2) is 0 Å². The average Bonchev–Trinajstić information content (AvgIpc) is 3.17. The van der Waals surface area contributed by atoms with E-state index in [4.69, 9.17) is 0 Å². The number of anilines is 1. The van der Waals surface area contributed by atoms with Crippen molar-refractivity contribution in [3.63, 3.8) is 0 Å². The van der Waals surface area contributed by atoms with Gasteiger partial charge in [0.1, 0.15) is 0 Å². The van der Waals surface area contributed by atoms with E-state index in [-0.39, 0.29) is 5.56 Å². The van der Waals surface area contributed by atoms with E-state index in [9.17, 15) is 9.90 Å². The van der Waals surface area contributed by atoms with Gasteiger partial charge in [-0.05, 0) is 61.1 Å². The zero-order valence-corrected chi connectivity index (χ0v) is 11.9. The zero-order chi connectivity index (χ0) is 14.4. The second-order valence-corrected chi connectivity index (χ2v) is 6.64. The number of carboxylic acid groups (broad SMARTS) is 1. The first-order chi connectivity index (χ1) is 10.2. The van der Waals surface area contributed by atoms with Gasteiger partial charge in [-0.15, -0.1) is 0 Å². The van der Waals surface area contributed by atoms with Crippen LogP contribution in [0.5, 0.6) is 0 Å². The molecule has 4 nitrogen and oxygen atoms in total. The Morgan fingerprint density at radius 1 is 1.19 bits per heavy atom. The first-order valence-electron chi connectivity index (χ1n) is 7.86. The largest absolute Gasteiger partial charge is 0.545 e. The summed E-state index contributed by atoms with van der Waals surface area (Å²) in [6, 6.07) is 6.57. The van der Waals surface area contributed by atoms with Gasteiger partial charge in [0.2, 0.25) is 0 Å². The summed E-state index contributed by atoms with van der Waals surface area (Å²) in [7, 11) is 0. The van der Waals surface area contributed by atoms with E-state index in [0.717, 1.165) is 29.9 Å². The lowest BCUT2D eigenvalue weighted by atomic mass is 9.81. The van der Waals surface area contributed by atoms with Crippen molar-refractivity contribution in [1.29, 1.82) is 0 Å². The minimum absolute atomic E-state index is 0.196. The quantitative estimate of drug-likeness (QED) is 0.865. The standard InChI is InChI=1S/C17H20N2O2/c20-17(21)10-4-6-12(7-5-10)18-19-16-9-11-8-15(16)14-3-1-2-13(11)14/h4-7,11,13-15,18H,1-3,8-9H2,(H,20,21)/p-1/b19-16-/t11-,13-,14+,15-/m1/s1. The molecule has 2 bridgehead atoms. The van der Waals surface area contributed by atoms with Crippen molar-refractivity contribution in [2.45, 2.75) is 32.1 Å². The third-order valence-electron chi connectivity index (χ3n) is 5.65. The van der Waals surface area contributed by atoms with Crippen LogP contribution in [-0.2, 0) is 0 Å². The molecule has 0 heterocycles. The van der Waals surface area contributed by atoms with Gasteiger partial charge in [-0.25, -0.2) is 0 Å². The number of aromatic carboxylic acids is 1. The van der Waals surface area contributed by atoms with Gasteiger partial charge in [-0.3, -0.25) is 5.43 Å². The minimum Gasteiger partial charge on any atom is -0.545 e. The van der Waals surface area contributed by atoms with Crippen LogP contribution in [0.25, 0.3) is 0 Å². The molecule has 3 aliphatic rings. The summed E-state index contributed by atoms with van der Waals surface area (Å²) >= 11 is 0. The number of hydrazone groups is 1. The SMILES string of the molecule is O=C([O-])c1ccc(N/N=C2/C[C@H]3C[C@@H]2[C@H]2CCC[C@H]32)cc1. The highest BCUT2D eigenvalue weighted by Crippen LogP contribution is 2.57. The van der Waals surface area contributed by atoms with Gasteiger partial charge in [-0.1, -0.05) is 18.6 Å². The number of benzene rings is 1. The summed E-state index contributed by atoms with van der Waals surface area (Å²) < 4.78 is 0. The van der Waals surface area contributed by atoms with E-state index in [0.29, 0.717) is 5.92 Å². The number of nitrogens with one attached hydrogen (secondary N) is 1. The molecule has 0 aromatic heterocycles. The Labute approximate surface area is 124 Å². The highest BCUT2D eigenvalue weighted by molar-refractivity contribution is 5.91. The fourth-order valence-electron chi connectivity index (χ4n) is 4.76. The fraction of sp³-hybridized carbons (Fsp3) is 0.529. The molecule has 110 valence electrons. The number of rotatable bonds is 3. The summed E-state index contributed by atoms with van der Waals surface area (Å²) in [5.74, 6) is 2.26. The lowest BCUT2D eigenvalue weighted by Crippen LogP contribution is -2.25. The molecule has 0 amide bonds. The molecule has 0 saturated heterocycles. The third-order valence-corrected chi connectivity index (χ3v) is 5.65. The summed E-state index contributed by atoms with van der Waals surface area (Å²) in [5.41, 5.74) is 5.45. The molecular weight excluding hydrogens is 264 g/mol. The highest BCUT2D eigenvalue weighted by atomic mass is 16.4. The van der Waals surface area contributed by atoms with Crippen LogP contribution in [0.4, 0.5) is 5.69 Å². The lowest BCUT2D eigenvalue weighted by molar-refractivity contribution is -0.255. The van der Waals surface area contributed by atoms with Crippen molar-refractivity contribution in [3.05, 3.63) is 29.8 Å². The van der Waals surface area contributed by atoms with Gasteiger partial charge < -0.3 is 9.90 Å². The van der Waals surface area contributed by atoms with E-state index in [1.54, 1.807) is 24.3 Å². The van der Waals surface area contributed by atoms with Crippen LogP contribution < -0.4 is 10.5 Å². The van der Waals surface area contributed by atoms with Crippen LogP contribution in [0.3, 0.4) is 0 Å². The van der Waals surface area contributed by atoms with E-state index >= 15 is 0 Å². The van der Waals surface area contributed by atoms with Crippen molar-refractivity contribution >= 4 is 17.4 Å². The van der Waals surface area contributed by atoms with Gasteiger partial charge in [0.05, 0.1) is 11.7 Å². The van der Waals surface area contributed by atoms with Crippen LogP contribution in [-0.4, -0.2) is 11.7 Å². The summed E-state index contributed by atoms with van der Waals surface area (Å²) in [6.45, 7) is 0. The number of hydrogen-bond acceptors (Lipinski definition) is 4. The van der Waals surface area contributed by atoms with Crippen molar-refractivity contribution in [2.24, 2.45) is 28.8 Å². The molecule has 3 saturated carbocycles. The van der Waals surface area contributed by atoms with Gasteiger partial charge in [-0.2, -0.15) is 5.10 Å². The molecule has 4 heteroatoms. The van der Waals surface area contributed by atoms with Gasteiger partial charge in [0, 0.05) is 11.6 Å². The van der Waals surface area contributed by atoms with E-state index in [1.165, 1.54) is 31.4 Å². The Bertz CT molecular complexity index is 593. The monoisotopic (exact) mass is 283 g/mol. The van der Waals surface area contributed by atoms with Crippen molar-refractivity contribution in [2.75, 3.05) is 5.43 Å². The Morgan fingerprint density at radius 3 is 2.71 bits per heavy atom. The topological polar surface area (TPSA) is 64.5 Å². The van der Waals surface area contributed by atoms with Crippen LogP contribution in [0, 0.1) is 23.7 Å². The Hall–Kier alpha value is -1.84. The third kappa shape index (κ3) is 2.13. The number of carboxylic acids is 1. The van der Waals surface area contributed by atoms with Crippen LogP contribution in [0.15, 0.2) is 29.4 Å². The highest BCUT2D eigenvalue weighted by Gasteiger charge is 2.52.